The molecule has 508 valence electrons. The molecule has 28 heteroatoms. The highest BCUT2D eigenvalue weighted by molar-refractivity contribution is 7.84. The molecule has 8 heterocycles. The number of aryl methyl sites for hydroxylation is 7. The van der Waals surface area contributed by atoms with E-state index in [0.717, 1.165) is 108 Å². The van der Waals surface area contributed by atoms with Gasteiger partial charge in [-0.15, -0.1) is 11.3 Å². The minimum Gasteiger partial charge on any atom is -0.469 e. The third kappa shape index (κ3) is 22.2. The molecule has 11 rings (SSSR count). The number of hydrogen-bond donors (Lipinski definition) is 7. The number of furan rings is 1. The molecule has 1 unspecified atom stereocenters. The van der Waals surface area contributed by atoms with E-state index in [1.165, 1.54) is 54.0 Å². The number of nitrogens with zero attached hydrogens (tertiary/aromatic N) is 11. The number of likely N-dealkylation sites (tertiary alicyclic amines) is 1. The van der Waals surface area contributed by atoms with Crippen molar-refractivity contribution < 1.29 is 22.7 Å². The Morgan fingerprint density at radius 3 is 1.95 bits per heavy atom. The molecule has 1 saturated heterocycles. The molecule has 1 aliphatic heterocycles. The first-order valence-corrected chi connectivity index (χ1v) is 34.7. The Morgan fingerprint density at radius 2 is 1.31 bits per heavy atom. The number of nitrogen functional groups attached to an aromatic ring is 4. The Hall–Kier alpha value is -9.60. The maximum Gasteiger partial charge on any atom is 0.319 e. The van der Waals surface area contributed by atoms with Crippen LogP contribution in [0.4, 0.5) is 50.2 Å². The van der Waals surface area contributed by atoms with Gasteiger partial charge in [0, 0.05) is 104 Å². The van der Waals surface area contributed by atoms with Gasteiger partial charge in [0.1, 0.15) is 23.6 Å². The summed E-state index contributed by atoms with van der Waals surface area (Å²) in [5, 5.41) is 20.3. The van der Waals surface area contributed by atoms with Gasteiger partial charge in [0.05, 0.1) is 48.9 Å². The molecule has 1 fully saturated rings. The molecule has 3 aromatic carbocycles. The molecular formula is C69H79Cl2FN18O5S2. The van der Waals surface area contributed by atoms with Crippen molar-refractivity contribution in [2.24, 2.45) is 0 Å². The van der Waals surface area contributed by atoms with E-state index < -0.39 is 15.7 Å². The van der Waals surface area contributed by atoms with Crippen LogP contribution in [0.15, 0.2) is 131 Å². The van der Waals surface area contributed by atoms with Crippen LogP contribution in [-0.2, 0) is 43.0 Å². The first kappa shape index (κ1) is 73.2. The lowest BCUT2D eigenvalue weighted by molar-refractivity contribution is -0.385. The number of unbranched alkanes of at least 4 members (excludes halogenated alkanes) is 2. The highest BCUT2D eigenvalue weighted by Crippen LogP contribution is 2.34. The van der Waals surface area contributed by atoms with Crippen LogP contribution < -0.4 is 38.9 Å². The Labute approximate surface area is 579 Å². The van der Waals surface area contributed by atoms with Crippen LogP contribution in [-0.4, -0.2) is 97.4 Å². The molecule has 1 aliphatic rings. The maximum atomic E-state index is 13.7. The fraction of sp³-hybridized carbons (Fsp3) is 0.304. The molecule has 10 aromatic rings. The predicted molar refractivity (Wildman–Crippen MR) is 386 cm³/mol. The van der Waals surface area contributed by atoms with E-state index in [4.69, 9.17) is 50.6 Å². The standard InChI is InChI=1S/C23H25Cl2N5O2S.C20H21FN6O2.C15H20N4S.C11H13N3O/c1-33(32)17-11-9-15(10-12-17)29-23(31)27-13-4-2-3-6-16-14-20(30-22(26)28-16)18-7-5-8-19(24)21(18)25;1-12-9-17(21)13(2)8-16(12)18-10-19(26-20(22)25-18)23-7-3-4-14-5-6-15(11-24-14)27(28)29;1-2-11-9-13(18-15(16)17-11)14-6-5-12(20-14)10-19-7-3-4-8-19;1-3-8-6-10(14-11(12)13-8)9-4-5-15-7(9)2/h5,7-12,14H,2-4,6,13H2,1H3,(H2,26,28,30)(H2,27,29,31);5-6,8-11H,3-4,7H2,1-2H3,(H3,22,23,25,26);5-6,9H,2-4,7-8,10H2,1H3,(H2,16,17,18);4-6H,3H2,1-2H3,(H2,12,13,14). The molecule has 0 radical (unpaired) electrons. The second-order valence-electron chi connectivity index (χ2n) is 22.6. The summed E-state index contributed by atoms with van der Waals surface area (Å²) < 4.78 is 30.4. The maximum absolute atomic E-state index is 13.7. The fourth-order valence-corrected chi connectivity index (χ4v) is 12.1. The van der Waals surface area contributed by atoms with E-state index in [2.05, 4.69) is 84.8 Å². The molecule has 11 N–H and O–H groups in total. The molecule has 0 spiro atoms. The van der Waals surface area contributed by atoms with Gasteiger partial charge in [-0.05, 0) is 188 Å². The molecule has 23 nitrogen and oxygen atoms in total. The van der Waals surface area contributed by atoms with Crippen molar-refractivity contribution in [3.05, 3.63) is 192 Å². The highest BCUT2D eigenvalue weighted by Gasteiger charge is 2.17. The Balaban J connectivity index is 0.000000171. The van der Waals surface area contributed by atoms with Crippen molar-refractivity contribution in [2.75, 3.05) is 66.0 Å². The van der Waals surface area contributed by atoms with Gasteiger partial charge in [0.25, 0.3) is 5.69 Å². The molecule has 0 aliphatic carbocycles. The third-order valence-corrected chi connectivity index (χ3v) is 18.1. The number of carbonyl (C=O) groups is 1. The van der Waals surface area contributed by atoms with Crippen molar-refractivity contribution in [1.82, 2.24) is 55.1 Å². The average molecular weight is 1390 g/mol. The van der Waals surface area contributed by atoms with Crippen LogP contribution in [0.5, 0.6) is 0 Å². The lowest BCUT2D eigenvalue weighted by Gasteiger charge is -2.12. The summed E-state index contributed by atoms with van der Waals surface area (Å²) in [7, 11) is -1.04. The van der Waals surface area contributed by atoms with E-state index >= 15 is 0 Å². The minimum atomic E-state index is -1.04. The van der Waals surface area contributed by atoms with Crippen molar-refractivity contribution in [3.63, 3.8) is 0 Å². The van der Waals surface area contributed by atoms with E-state index in [-0.39, 0.29) is 29.4 Å². The first-order chi connectivity index (χ1) is 46.6. The van der Waals surface area contributed by atoms with Gasteiger partial charge in [0.15, 0.2) is 0 Å². The number of urea groups is 1. The van der Waals surface area contributed by atoms with Crippen LogP contribution in [0.1, 0.15) is 96.9 Å². The topological polar surface area (TPSA) is 350 Å². The van der Waals surface area contributed by atoms with Gasteiger partial charge in [-0.3, -0.25) is 24.2 Å². The quantitative estimate of drug-likeness (QED) is 0.0188. The number of thiophene rings is 1. The molecule has 2 amide bonds. The van der Waals surface area contributed by atoms with Gasteiger partial charge in [-0.2, -0.15) is 4.98 Å². The van der Waals surface area contributed by atoms with E-state index in [1.807, 2.05) is 68.5 Å². The Bertz CT molecular complexity index is 4310. The number of amides is 2. The number of benzene rings is 3. The van der Waals surface area contributed by atoms with Crippen molar-refractivity contribution >= 4 is 92.4 Å². The van der Waals surface area contributed by atoms with Crippen LogP contribution in [0.3, 0.4) is 0 Å². The number of nitrogens with two attached hydrogens (primary N) is 4. The van der Waals surface area contributed by atoms with E-state index in [1.54, 1.807) is 68.0 Å². The number of carbonyl (C=O) groups excluding carboxylic acids is 1. The molecule has 1 atom stereocenters. The lowest BCUT2D eigenvalue weighted by atomic mass is 10.0. The molecule has 0 bridgehead atoms. The summed E-state index contributed by atoms with van der Waals surface area (Å²) in [6.07, 6.45) is 13.7. The van der Waals surface area contributed by atoms with Crippen molar-refractivity contribution in [3.8, 4) is 44.3 Å². The summed E-state index contributed by atoms with van der Waals surface area (Å²) >= 11 is 14.2. The monoisotopic (exact) mass is 1390 g/mol. The summed E-state index contributed by atoms with van der Waals surface area (Å²) in [5.41, 5.74) is 34.2. The predicted octanol–water partition coefficient (Wildman–Crippen LogP) is 14.3. The molecule has 7 aromatic heterocycles. The molecular weight excluding hydrogens is 1310 g/mol. The average Bonchev–Trinajstić information content (AvgIpc) is 1.68. The number of anilines is 6. The van der Waals surface area contributed by atoms with Crippen molar-refractivity contribution in [1.29, 1.82) is 0 Å². The number of halogens is 3. The van der Waals surface area contributed by atoms with Crippen molar-refractivity contribution in [2.45, 2.75) is 110 Å². The van der Waals surface area contributed by atoms with Gasteiger partial charge in [0.2, 0.25) is 23.8 Å². The lowest BCUT2D eigenvalue weighted by Crippen LogP contribution is -2.29. The Kier molecular flexibility index (Phi) is 27.1. The van der Waals surface area contributed by atoms with Crippen LogP contribution in [0.25, 0.3) is 44.3 Å². The van der Waals surface area contributed by atoms with Gasteiger partial charge >= 0.3 is 6.03 Å². The number of hydrogen-bond acceptors (Lipinski definition) is 21. The molecule has 0 saturated carbocycles. The van der Waals surface area contributed by atoms with Gasteiger partial charge in [-0.1, -0.05) is 55.6 Å². The third-order valence-electron chi connectivity index (χ3n) is 15.3. The fourth-order valence-electron chi connectivity index (χ4n) is 10.2. The number of rotatable bonds is 22. The van der Waals surface area contributed by atoms with E-state index in [9.17, 15) is 23.5 Å². The van der Waals surface area contributed by atoms with Crippen LogP contribution in [0.2, 0.25) is 10.0 Å². The first-order valence-electron chi connectivity index (χ1n) is 31.6. The largest absolute Gasteiger partial charge is 0.469 e. The van der Waals surface area contributed by atoms with Crippen LogP contribution in [0, 0.1) is 36.7 Å². The number of nitro groups is 1. The summed E-state index contributed by atoms with van der Waals surface area (Å²) in [6, 6.07) is 32.2. The number of pyridine rings is 1. The zero-order valence-electron chi connectivity index (χ0n) is 54.9. The minimum absolute atomic E-state index is 0.0258. The number of nitrogens with one attached hydrogen (secondary N) is 3. The summed E-state index contributed by atoms with van der Waals surface area (Å²) in [5.74, 6) is 2.16. The second kappa shape index (κ2) is 35.9. The Morgan fingerprint density at radius 1 is 0.680 bits per heavy atom. The SMILES string of the molecule is CCc1cc(-c2ccc(CN3CCCC3)s2)nc(N)n1.CCc1cc(-c2ccoc2C)nc(N)n1.CS(=O)c1ccc(NC(=O)NCCCCCc2cc(-c3cccc(Cl)c3Cl)nc(N)n2)cc1.Cc1cc(-c2cc(NCCCc3ccc([N+](=O)[O-])cn3)nc(N)n2)c(C)cc1F. The normalized spacial score (nSPS) is 12.1. The van der Waals surface area contributed by atoms with Gasteiger partial charge in [-0.25, -0.2) is 44.1 Å². The zero-order chi connectivity index (χ0) is 69.5. The summed E-state index contributed by atoms with van der Waals surface area (Å²) in [4.78, 5) is 66.1. The highest BCUT2D eigenvalue weighted by atomic mass is 35.5. The van der Waals surface area contributed by atoms with Gasteiger partial charge < -0.3 is 43.3 Å². The number of aromatic nitrogens is 9. The second-order valence-corrected chi connectivity index (χ2v) is 26.0. The summed E-state index contributed by atoms with van der Waals surface area (Å²) in [6.45, 7) is 14.2. The van der Waals surface area contributed by atoms with E-state index in [0.29, 0.717) is 80.4 Å². The smallest absolute Gasteiger partial charge is 0.319 e. The molecule has 97 heavy (non-hydrogen) atoms. The van der Waals surface area contributed by atoms with Crippen LogP contribution >= 0.6 is 34.5 Å². The zero-order valence-corrected chi connectivity index (χ0v) is 58.0.